The van der Waals surface area contributed by atoms with Crippen molar-refractivity contribution in [3.05, 3.63) is 24.3 Å². The smallest absolute Gasteiger partial charge is 0.193 e. The van der Waals surface area contributed by atoms with Gasteiger partial charge in [0.25, 0.3) is 0 Å². The molecule has 2 rings (SSSR count). The minimum absolute atomic E-state index is 0.261. The van der Waals surface area contributed by atoms with Gasteiger partial charge in [0.15, 0.2) is 5.96 Å². The number of hydrogen-bond acceptors (Lipinski definition) is 3. The standard InChI is InChI=1S/C15H23N3O2/c1-10(2)20-14-8-12(9-14)18-15(16)17-11-5-4-6-13(7-11)19-3/h4-7,10,12,14H,8-9H2,1-3H3,(H3,16,17,18). The van der Waals surface area contributed by atoms with Crippen LogP contribution >= 0.6 is 0 Å². The molecule has 0 unspecified atom stereocenters. The molecule has 1 aliphatic carbocycles. The molecular weight excluding hydrogens is 254 g/mol. The van der Waals surface area contributed by atoms with Crippen molar-refractivity contribution >= 4 is 11.6 Å². The van der Waals surface area contributed by atoms with Crippen LogP contribution in [0.15, 0.2) is 29.3 Å². The van der Waals surface area contributed by atoms with E-state index in [1.165, 1.54) is 0 Å². The van der Waals surface area contributed by atoms with Gasteiger partial charge in [-0.25, -0.2) is 4.99 Å². The quantitative estimate of drug-likeness (QED) is 0.640. The minimum atomic E-state index is 0.261. The lowest BCUT2D eigenvalue weighted by Gasteiger charge is -2.33. The Kier molecular flexibility index (Phi) is 4.84. The summed E-state index contributed by atoms with van der Waals surface area (Å²) in [5, 5.41) is 3.08. The second kappa shape index (κ2) is 6.61. The summed E-state index contributed by atoms with van der Waals surface area (Å²) in [6, 6.07) is 7.86. The van der Waals surface area contributed by atoms with E-state index in [4.69, 9.17) is 15.2 Å². The van der Waals surface area contributed by atoms with Gasteiger partial charge >= 0.3 is 0 Å². The highest BCUT2D eigenvalue weighted by molar-refractivity contribution is 5.92. The van der Waals surface area contributed by atoms with E-state index in [9.17, 15) is 0 Å². The second-order valence-electron chi connectivity index (χ2n) is 5.30. The highest BCUT2D eigenvalue weighted by atomic mass is 16.5. The highest BCUT2D eigenvalue weighted by Gasteiger charge is 2.30. The third kappa shape index (κ3) is 4.13. The first kappa shape index (κ1) is 14.7. The average Bonchev–Trinajstić information content (AvgIpc) is 2.36. The molecule has 0 aliphatic heterocycles. The number of ether oxygens (including phenoxy) is 2. The summed E-state index contributed by atoms with van der Waals surface area (Å²) >= 11 is 0. The Balaban J connectivity index is 1.83. The van der Waals surface area contributed by atoms with Crippen LogP contribution in [0, 0.1) is 0 Å². The number of anilines is 1. The van der Waals surface area contributed by atoms with Crippen LogP contribution in [0.25, 0.3) is 0 Å². The lowest BCUT2D eigenvalue weighted by molar-refractivity contribution is -0.0428. The molecule has 1 saturated carbocycles. The number of hydrogen-bond donors (Lipinski definition) is 2. The zero-order valence-electron chi connectivity index (χ0n) is 12.3. The topological polar surface area (TPSA) is 68.9 Å². The molecule has 1 aromatic rings. The van der Waals surface area contributed by atoms with Gasteiger partial charge in [0.2, 0.25) is 0 Å². The summed E-state index contributed by atoms with van der Waals surface area (Å²) in [5.41, 5.74) is 6.79. The van der Waals surface area contributed by atoms with E-state index in [0.717, 1.165) is 24.3 Å². The summed E-state index contributed by atoms with van der Waals surface area (Å²) in [6.45, 7) is 4.10. The van der Waals surface area contributed by atoms with E-state index in [1.807, 2.05) is 24.3 Å². The fourth-order valence-corrected chi connectivity index (χ4v) is 2.22. The van der Waals surface area contributed by atoms with Crippen LogP contribution in [0.2, 0.25) is 0 Å². The van der Waals surface area contributed by atoms with Crippen molar-refractivity contribution in [2.75, 3.05) is 12.4 Å². The van der Waals surface area contributed by atoms with Crippen LogP contribution in [-0.2, 0) is 4.74 Å². The zero-order chi connectivity index (χ0) is 14.5. The van der Waals surface area contributed by atoms with Gasteiger partial charge < -0.3 is 20.5 Å². The van der Waals surface area contributed by atoms with Crippen molar-refractivity contribution in [2.45, 2.75) is 44.9 Å². The van der Waals surface area contributed by atoms with E-state index in [-0.39, 0.29) is 12.1 Å². The van der Waals surface area contributed by atoms with Gasteiger partial charge in [-0.1, -0.05) is 6.07 Å². The van der Waals surface area contributed by atoms with E-state index in [0.29, 0.717) is 12.1 Å². The number of nitrogens with one attached hydrogen (secondary N) is 1. The van der Waals surface area contributed by atoms with Crippen molar-refractivity contribution < 1.29 is 9.47 Å². The van der Waals surface area contributed by atoms with Gasteiger partial charge in [0, 0.05) is 11.8 Å². The Bertz CT molecular complexity index is 468. The molecule has 0 bridgehead atoms. The molecule has 1 aliphatic rings. The summed E-state index contributed by atoms with van der Waals surface area (Å²) in [5.74, 6) is 1.23. The molecule has 0 atom stereocenters. The predicted molar refractivity (Wildman–Crippen MR) is 81.3 cm³/mol. The molecule has 0 amide bonds. The summed E-state index contributed by atoms with van der Waals surface area (Å²) in [7, 11) is 1.64. The van der Waals surface area contributed by atoms with Gasteiger partial charge in [0.1, 0.15) is 5.75 Å². The number of aliphatic imine (C=N–C) groups is 1. The minimum Gasteiger partial charge on any atom is -0.497 e. The van der Waals surface area contributed by atoms with Crippen LogP contribution in [0.3, 0.4) is 0 Å². The maximum absolute atomic E-state index is 5.91. The van der Waals surface area contributed by atoms with Gasteiger partial charge in [-0.15, -0.1) is 0 Å². The Morgan fingerprint density at radius 3 is 2.80 bits per heavy atom. The molecule has 0 aromatic heterocycles. The molecule has 5 heteroatoms. The molecule has 0 radical (unpaired) electrons. The van der Waals surface area contributed by atoms with Gasteiger partial charge in [-0.3, -0.25) is 0 Å². The molecule has 0 spiro atoms. The first-order valence-corrected chi connectivity index (χ1v) is 6.96. The summed E-state index contributed by atoms with van der Waals surface area (Å²) < 4.78 is 10.9. The van der Waals surface area contributed by atoms with Gasteiger partial charge in [0.05, 0.1) is 25.4 Å². The molecule has 3 N–H and O–H groups in total. The maximum atomic E-state index is 5.91. The molecule has 20 heavy (non-hydrogen) atoms. The first-order valence-electron chi connectivity index (χ1n) is 6.96. The van der Waals surface area contributed by atoms with E-state index in [2.05, 4.69) is 24.2 Å². The molecule has 1 fully saturated rings. The van der Waals surface area contributed by atoms with Crippen LogP contribution < -0.4 is 15.8 Å². The largest absolute Gasteiger partial charge is 0.497 e. The van der Waals surface area contributed by atoms with E-state index >= 15 is 0 Å². The molecule has 0 saturated heterocycles. The van der Waals surface area contributed by atoms with Crippen molar-refractivity contribution in [2.24, 2.45) is 10.7 Å². The summed E-state index contributed by atoms with van der Waals surface area (Å²) in [6.07, 6.45) is 2.49. The van der Waals surface area contributed by atoms with Gasteiger partial charge in [-0.05, 0) is 38.8 Å². The van der Waals surface area contributed by atoms with Crippen molar-refractivity contribution in [1.82, 2.24) is 0 Å². The Labute approximate surface area is 120 Å². The van der Waals surface area contributed by atoms with E-state index in [1.54, 1.807) is 7.11 Å². The number of nitrogens with zero attached hydrogens (tertiary/aromatic N) is 1. The van der Waals surface area contributed by atoms with Gasteiger partial charge in [-0.2, -0.15) is 0 Å². The Hall–Kier alpha value is -1.75. The molecular formula is C15H23N3O2. The highest BCUT2D eigenvalue weighted by Crippen LogP contribution is 2.27. The first-order chi connectivity index (χ1) is 9.56. The van der Waals surface area contributed by atoms with Crippen LogP contribution in [-0.4, -0.2) is 31.3 Å². The normalized spacial score (nSPS) is 22.5. The molecule has 0 heterocycles. The molecule has 110 valence electrons. The number of guanidine groups is 1. The fourth-order valence-electron chi connectivity index (χ4n) is 2.22. The third-order valence-electron chi connectivity index (χ3n) is 3.20. The van der Waals surface area contributed by atoms with E-state index < -0.39 is 0 Å². The molecule has 5 nitrogen and oxygen atoms in total. The predicted octanol–water partition coefficient (Wildman–Crippen LogP) is 2.38. The summed E-state index contributed by atoms with van der Waals surface area (Å²) in [4.78, 5) is 4.45. The number of rotatable bonds is 5. The SMILES string of the molecule is COc1cccc(NC(N)=NC2CC(OC(C)C)C2)c1. The third-order valence-corrected chi connectivity index (χ3v) is 3.20. The lowest BCUT2D eigenvalue weighted by atomic mass is 9.90. The zero-order valence-corrected chi connectivity index (χ0v) is 12.3. The number of nitrogens with two attached hydrogens (primary N) is 1. The second-order valence-corrected chi connectivity index (χ2v) is 5.30. The molecule has 1 aromatic carbocycles. The monoisotopic (exact) mass is 277 g/mol. The van der Waals surface area contributed by atoms with Crippen LogP contribution in [0.5, 0.6) is 5.75 Å². The Morgan fingerprint density at radius 2 is 2.15 bits per heavy atom. The van der Waals surface area contributed by atoms with Crippen molar-refractivity contribution in [3.8, 4) is 5.75 Å². The Morgan fingerprint density at radius 1 is 1.40 bits per heavy atom. The number of methoxy groups -OCH3 is 1. The van der Waals surface area contributed by atoms with Crippen molar-refractivity contribution in [3.63, 3.8) is 0 Å². The maximum Gasteiger partial charge on any atom is 0.193 e. The average molecular weight is 277 g/mol. The fraction of sp³-hybridized carbons (Fsp3) is 0.533. The number of benzene rings is 1. The van der Waals surface area contributed by atoms with Crippen LogP contribution in [0.4, 0.5) is 5.69 Å². The van der Waals surface area contributed by atoms with Crippen LogP contribution in [0.1, 0.15) is 26.7 Å². The van der Waals surface area contributed by atoms with Crippen molar-refractivity contribution in [1.29, 1.82) is 0 Å². The lowest BCUT2D eigenvalue weighted by Crippen LogP contribution is -2.38.